The molecule has 1 atom stereocenters. The Kier molecular flexibility index (Phi) is 4.76. The second kappa shape index (κ2) is 7.70. The van der Waals surface area contributed by atoms with E-state index in [0.29, 0.717) is 0 Å². The largest absolute Gasteiger partial charge is 0.258 e. The Hall–Kier alpha value is -3.15. The van der Waals surface area contributed by atoms with Crippen molar-refractivity contribution < 1.29 is 0 Å². The van der Waals surface area contributed by atoms with Crippen LogP contribution in [0.2, 0.25) is 0 Å². The number of nitrogens with zero attached hydrogens (tertiary/aromatic N) is 1. The van der Waals surface area contributed by atoms with Gasteiger partial charge in [0.05, 0.1) is 5.69 Å². The molecule has 0 fully saturated rings. The van der Waals surface area contributed by atoms with Gasteiger partial charge in [0.25, 0.3) is 0 Å². The molecule has 0 aliphatic heterocycles. The van der Waals surface area contributed by atoms with Crippen LogP contribution in [0.3, 0.4) is 0 Å². The van der Waals surface area contributed by atoms with Crippen LogP contribution in [0.15, 0.2) is 126 Å². The Morgan fingerprint density at radius 3 is 1.69 bits per heavy atom. The standard InChI is InChI=1S/C27H22NP/c1-4-13-23(14-5-1)28-29(24-15-6-2-7-16-24,25-17-8-3-9-18-25)27-21-20-22-12-10-11-19-26(22)27/h1-21,27H. The minimum atomic E-state index is -2.16. The van der Waals surface area contributed by atoms with Crippen molar-refractivity contribution in [2.24, 2.45) is 4.74 Å². The summed E-state index contributed by atoms with van der Waals surface area (Å²) < 4.78 is 5.57. The summed E-state index contributed by atoms with van der Waals surface area (Å²) in [6.07, 6.45) is 4.63. The zero-order valence-electron chi connectivity index (χ0n) is 16.1. The van der Waals surface area contributed by atoms with Gasteiger partial charge in [0.15, 0.2) is 0 Å². The summed E-state index contributed by atoms with van der Waals surface area (Å²) in [6.45, 7) is 0. The van der Waals surface area contributed by atoms with Crippen LogP contribution in [0.5, 0.6) is 0 Å². The number of fused-ring (bicyclic) bond motifs is 1. The molecule has 140 valence electrons. The van der Waals surface area contributed by atoms with Gasteiger partial charge in [0.1, 0.15) is 0 Å². The van der Waals surface area contributed by atoms with Crippen molar-refractivity contribution in [2.45, 2.75) is 5.66 Å². The zero-order valence-corrected chi connectivity index (χ0v) is 17.0. The van der Waals surface area contributed by atoms with E-state index in [9.17, 15) is 0 Å². The Balaban J connectivity index is 1.88. The lowest BCUT2D eigenvalue weighted by Crippen LogP contribution is -2.20. The van der Waals surface area contributed by atoms with Gasteiger partial charge in [-0.25, -0.2) is 0 Å². The Labute approximate surface area is 172 Å². The Morgan fingerprint density at radius 2 is 1.07 bits per heavy atom. The summed E-state index contributed by atoms with van der Waals surface area (Å²) in [5, 5.41) is 2.61. The van der Waals surface area contributed by atoms with Crippen molar-refractivity contribution in [3.8, 4) is 0 Å². The summed E-state index contributed by atoms with van der Waals surface area (Å²) in [4.78, 5) is 0. The first kappa shape index (κ1) is 17.9. The SMILES string of the molecule is C1=CC(P(=Nc2ccccc2)(c2ccccc2)c2ccccc2)c2ccccc21. The average molecular weight is 391 g/mol. The van der Waals surface area contributed by atoms with Gasteiger partial charge in [-0.15, -0.1) is 0 Å². The van der Waals surface area contributed by atoms with E-state index in [1.807, 2.05) is 0 Å². The van der Waals surface area contributed by atoms with Crippen LogP contribution in [0.1, 0.15) is 16.8 Å². The molecule has 29 heavy (non-hydrogen) atoms. The molecule has 0 bridgehead atoms. The van der Waals surface area contributed by atoms with Crippen LogP contribution in [-0.2, 0) is 0 Å². The second-order valence-electron chi connectivity index (χ2n) is 7.22. The van der Waals surface area contributed by atoms with Crippen LogP contribution in [0.4, 0.5) is 5.69 Å². The van der Waals surface area contributed by atoms with Gasteiger partial charge in [-0.3, -0.25) is 4.74 Å². The quantitative estimate of drug-likeness (QED) is 0.334. The number of allylic oxidation sites excluding steroid dienone is 1. The van der Waals surface area contributed by atoms with E-state index in [1.165, 1.54) is 21.7 Å². The van der Waals surface area contributed by atoms with Crippen LogP contribution >= 0.6 is 7.05 Å². The number of benzene rings is 4. The summed E-state index contributed by atoms with van der Waals surface area (Å²) in [6, 6.07) is 40.9. The van der Waals surface area contributed by atoms with Crippen LogP contribution < -0.4 is 10.6 Å². The molecule has 0 saturated heterocycles. The van der Waals surface area contributed by atoms with Crippen molar-refractivity contribution in [3.63, 3.8) is 0 Å². The molecule has 0 N–H and O–H groups in total. The highest BCUT2D eigenvalue weighted by Gasteiger charge is 2.36. The smallest absolute Gasteiger partial charge is 0.0621 e. The van der Waals surface area contributed by atoms with Crippen molar-refractivity contribution in [1.82, 2.24) is 0 Å². The minimum absolute atomic E-state index is 0.226. The highest BCUT2D eigenvalue weighted by atomic mass is 31.2. The summed E-state index contributed by atoms with van der Waals surface area (Å²) >= 11 is 0. The van der Waals surface area contributed by atoms with Crippen LogP contribution in [0.25, 0.3) is 6.08 Å². The maximum absolute atomic E-state index is 5.57. The molecule has 2 heteroatoms. The maximum Gasteiger partial charge on any atom is 0.0621 e. The monoisotopic (exact) mass is 391 g/mol. The molecule has 0 spiro atoms. The number of rotatable bonds is 4. The third-order valence-electron chi connectivity index (χ3n) is 5.50. The molecule has 0 radical (unpaired) electrons. The lowest BCUT2D eigenvalue weighted by molar-refractivity contribution is 1.23. The molecular formula is C27H22NP. The van der Waals surface area contributed by atoms with Gasteiger partial charge in [-0.2, -0.15) is 0 Å². The molecule has 1 aliphatic carbocycles. The predicted octanol–water partition coefficient (Wildman–Crippen LogP) is 6.94. The van der Waals surface area contributed by atoms with E-state index >= 15 is 0 Å². The van der Waals surface area contributed by atoms with Gasteiger partial charge in [0, 0.05) is 12.7 Å². The first-order valence-corrected chi connectivity index (χ1v) is 11.7. The number of hydrogen-bond acceptors (Lipinski definition) is 1. The molecule has 0 saturated carbocycles. The summed E-state index contributed by atoms with van der Waals surface area (Å²) in [7, 11) is -2.16. The first-order chi connectivity index (χ1) is 14.4. The van der Waals surface area contributed by atoms with Crippen molar-refractivity contribution in [1.29, 1.82) is 0 Å². The normalized spacial score (nSPS) is 15.1. The fraction of sp³-hybridized carbons (Fsp3) is 0.0370. The average Bonchev–Trinajstić information content (AvgIpc) is 3.24. The van der Waals surface area contributed by atoms with E-state index in [4.69, 9.17) is 4.74 Å². The molecule has 0 heterocycles. The topological polar surface area (TPSA) is 12.4 Å². The molecule has 1 unspecified atom stereocenters. The molecule has 4 aromatic carbocycles. The summed E-state index contributed by atoms with van der Waals surface area (Å²) in [5.41, 5.74) is 3.93. The fourth-order valence-corrected chi connectivity index (χ4v) is 8.21. The van der Waals surface area contributed by atoms with Gasteiger partial charge in [-0.1, -0.05) is 115 Å². The van der Waals surface area contributed by atoms with E-state index in [0.717, 1.165) is 5.69 Å². The number of hydrogen-bond donors (Lipinski definition) is 0. The third kappa shape index (κ3) is 3.18. The molecule has 1 nitrogen and oxygen atoms in total. The molecule has 0 amide bonds. The fourth-order valence-electron chi connectivity index (χ4n) is 4.19. The third-order valence-corrected chi connectivity index (χ3v) is 9.48. The minimum Gasteiger partial charge on any atom is -0.258 e. The Morgan fingerprint density at radius 1 is 0.552 bits per heavy atom. The first-order valence-electron chi connectivity index (χ1n) is 9.93. The van der Waals surface area contributed by atoms with E-state index < -0.39 is 7.05 Å². The zero-order chi connectivity index (χ0) is 19.5. The second-order valence-corrected chi connectivity index (χ2v) is 10.4. The van der Waals surface area contributed by atoms with E-state index in [-0.39, 0.29) is 5.66 Å². The molecule has 1 aliphatic rings. The maximum atomic E-state index is 5.57. The van der Waals surface area contributed by atoms with E-state index in [2.05, 4.69) is 127 Å². The summed E-state index contributed by atoms with van der Waals surface area (Å²) in [5.74, 6) is 0. The lowest BCUT2D eigenvalue weighted by Gasteiger charge is -2.32. The van der Waals surface area contributed by atoms with Gasteiger partial charge >= 0.3 is 0 Å². The molecule has 4 aromatic rings. The Bertz CT molecular complexity index is 1150. The molecule has 0 aromatic heterocycles. The van der Waals surface area contributed by atoms with Crippen molar-refractivity contribution >= 4 is 29.4 Å². The highest BCUT2D eigenvalue weighted by molar-refractivity contribution is 7.81. The highest BCUT2D eigenvalue weighted by Crippen LogP contribution is 2.64. The van der Waals surface area contributed by atoms with E-state index in [1.54, 1.807) is 0 Å². The van der Waals surface area contributed by atoms with Gasteiger partial charge in [0.2, 0.25) is 0 Å². The lowest BCUT2D eigenvalue weighted by atomic mass is 10.1. The van der Waals surface area contributed by atoms with Gasteiger partial charge < -0.3 is 0 Å². The predicted molar refractivity (Wildman–Crippen MR) is 126 cm³/mol. The molecule has 5 rings (SSSR count). The van der Waals surface area contributed by atoms with Crippen molar-refractivity contribution in [2.75, 3.05) is 0 Å². The molecular weight excluding hydrogens is 369 g/mol. The van der Waals surface area contributed by atoms with Crippen LogP contribution in [-0.4, -0.2) is 0 Å². The van der Waals surface area contributed by atoms with Crippen molar-refractivity contribution in [3.05, 3.63) is 132 Å². The van der Waals surface area contributed by atoms with Crippen LogP contribution in [0, 0.1) is 0 Å². The van der Waals surface area contributed by atoms with Gasteiger partial charge in [-0.05, 0) is 33.9 Å².